The lowest BCUT2D eigenvalue weighted by molar-refractivity contribution is 0.0996. The number of fused-ring (bicyclic) bond motifs is 1. The van der Waals surface area contributed by atoms with Crippen molar-refractivity contribution in [3.63, 3.8) is 0 Å². The summed E-state index contributed by atoms with van der Waals surface area (Å²) in [6.45, 7) is 8.91. The molecule has 0 aliphatic carbocycles. The van der Waals surface area contributed by atoms with E-state index in [0.29, 0.717) is 25.0 Å². The normalized spacial score (nSPS) is 11.0. The van der Waals surface area contributed by atoms with Crippen molar-refractivity contribution < 1.29 is 9.47 Å². The third kappa shape index (κ3) is 4.28. The van der Waals surface area contributed by atoms with Gasteiger partial charge in [0, 0.05) is 18.0 Å². The van der Waals surface area contributed by atoms with Crippen LogP contribution in [0.25, 0.3) is 10.2 Å². The second-order valence-corrected chi connectivity index (χ2v) is 5.74. The zero-order valence-corrected chi connectivity index (χ0v) is 13.8. The number of nitrogens with one attached hydrogen (secondary N) is 1. The van der Waals surface area contributed by atoms with E-state index in [4.69, 9.17) is 9.47 Å². The summed E-state index contributed by atoms with van der Waals surface area (Å²) in [7, 11) is 0. The molecule has 1 N–H and O–H groups in total. The topological polar surface area (TPSA) is 56.3 Å². The lowest BCUT2D eigenvalue weighted by Gasteiger charge is -2.09. The van der Waals surface area contributed by atoms with Crippen LogP contribution in [0, 0.1) is 0 Å². The van der Waals surface area contributed by atoms with E-state index in [1.807, 2.05) is 6.92 Å². The number of aryl methyl sites for hydroxylation is 1. The fourth-order valence-electron chi connectivity index (χ4n) is 1.91. The van der Waals surface area contributed by atoms with Crippen molar-refractivity contribution in [1.82, 2.24) is 9.97 Å². The van der Waals surface area contributed by atoms with Gasteiger partial charge < -0.3 is 14.8 Å². The molecule has 6 heteroatoms. The Balaban J connectivity index is 2.15. The Morgan fingerprint density at radius 1 is 1.14 bits per heavy atom. The highest BCUT2D eigenvalue weighted by Gasteiger charge is 2.12. The van der Waals surface area contributed by atoms with Crippen molar-refractivity contribution in [2.75, 3.05) is 31.7 Å². The first kappa shape index (κ1) is 16.0. The van der Waals surface area contributed by atoms with Crippen LogP contribution in [0.15, 0.2) is 6.07 Å². The standard InChI is InChI=1S/C15H23N3O2S/c1-4-7-19-8-9-20-13-12-10-11(5-2)21-14(12)18-15(17-13)16-6-3/h10H,4-9H2,1-3H3,(H,16,17,18). The minimum Gasteiger partial charge on any atom is -0.475 e. The molecule has 0 bridgehead atoms. The number of hydrogen-bond acceptors (Lipinski definition) is 6. The maximum Gasteiger partial charge on any atom is 0.227 e. The van der Waals surface area contributed by atoms with E-state index in [1.54, 1.807) is 11.3 Å². The molecule has 0 saturated heterocycles. The van der Waals surface area contributed by atoms with E-state index in [2.05, 4.69) is 35.2 Å². The number of anilines is 1. The number of hydrogen-bond donors (Lipinski definition) is 1. The van der Waals surface area contributed by atoms with Gasteiger partial charge in [-0.15, -0.1) is 11.3 Å². The van der Waals surface area contributed by atoms with E-state index >= 15 is 0 Å². The van der Waals surface area contributed by atoms with Gasteiger partial charge in [0.15, 0.2) is 0 Å². The van der Waals surface area contributed by atoms with Gasteiger partial charge in [0.1, 0.15) is 11.4 Å². The molecule has 5 nitrogen and oxygen atoms in total. The molecule has 0 spiro atoms. The summed E-state index contributed by atoms with van der Waals surface area (Å²) in [5, 5.41) is 4.15. The Morgan fingerprint density at radius 3 is 2.71 bits per heavy atom. The van der Waals surface area contributed by atoms with Crippen LogP contribution >= 0.6 is 11.3 Å². The summed E-state index contributed by atoms with van der Waals surface area (Å²) in [5.74, 6) is 1.27. The quantitative estimate of drug-likeness (QED) is 0.719. The van der Waals surface area contributed by atoms with Gasteiger partial charge in [-0.3, -0.25) is 0 Å². The van der Waals surface area contributed by atoms with Gasteiger partial charge in [-0.2, -0.15) is 4.98 Å². The molecule has 0 aromatic carbocycles. The maximum atomic E-state index is 5.80. The fourth-order valence-corrected chi connectivity index (χ4v) is 2.87. The minimum absolute atomic E-state index is 0.509. The van der Waals surface area contributed by atoms with Crippen molar-refractivity contribution in [3.05, 3.63) is 10.9 Å². The number of ether oxygens (including phenoxy) is 2. The van der Waals surface area contributed by atoms with E-state index in [1.165, 1.54) is 4.88 Å². The highest BCUT2D eigenvalue weighted by atomic mass is 32.1. The van der Waals surface area contributed by atoms with Gasteiger partial charge in [-0.1, -0.05) is 13.8 Å². The van der Waals surface area contributed by atoms with Crippen LogP contribution in [0.1, 0.15) is 32.1 Å². The fraction of sp³-hybridized carbons (Fsp3) is 0.600. The molecular weight excluding hydrogens is 286 g/mol. The van der Waals surface area contributed by atoms with Crippen LogP contribution in [-0.4, -0.2) is 36.3 Å². The first-order valence-electron chi connectivity index (χ1n) is 7.53. The monoisotopic (exact) mass is 309 g/mol. The molecule has 0 atom stereocenters. The van der Waals surface area contributed by atoms with Crippen molar-refractivity contribution in [3.8, 4) is 5.88 Å². The predicted octanol–water partition coefficient (Wildman–Crippen LogP) is 3.49. The molecule has 0 unspecified atom stereocenters. The largest absolute Gasteiger partial charge is 0.475 e. The Labute approximate surface area is 129 Å². The number of thiophene rings is 1. The van der Waals surface area contributed by atoms with Crippen molar-refractivity contribution in [2.45, 2.75) is 33.6 Å². The molecule has 0 saturated carbocycles. The van der Waals surface area contributed by atoms with Crippen molar-refractivity contribution in [2.24, 2.45) is 0 Å². The third-order valence-electron chi connectivity index (χ3n) is 2.91. The Kier molecular flexibility index (Phi) is 6.20. The molecule has 2 heterocycles. The second-order valence-electron chi connectivity index (χ2n) is 4.63. The Hall–Kier alpha value is -1.40. The molecule has 0 radical (unpaired) electrons. The molecule has 2 rings (SSSR count). The molecule has 0 fully saturated rings. The van der Waals surface area contributed by atoms with Gasteiger partial charge >= 0.3 is 0 Å². The van der Waals surface area contributed by atoms with Gasteiger partial charge in [0.2, 0.25) is 11.8 Å². The number of aromatic nitrogens is 2. The van der Waals surface area contributed by atoms with E-state index in [-0.39, 0.29) is 0 Å². The third-order valence-corrected chi connectivity index (χ3v) is 4.08. The van der Waals surface area contributed by atoms with E-state index < -0.39 is 0 Å². The zero-order valence-electron chi connectivity index (χ0n) is 12.9. The molecule has 2 aromatic heterocycles. The summed E-state index contributed by atoms with van der Waals surface area (Å²) in [6, 6.07) is 2.12. The highest BCUT2D eigenvalue weighted by Crippen LogP contribution is 2.31. The molecular formula is C15H23N3O2S. The smallest absolute Gasteiger partial charge is 0.227 e. The Bertz CT molecular complexity index is 571. The van der Waals surface area contributed by atoms with Crippen LogP contribution < -0.4 is 10.1 Å². The summed E-state index contributed by atoms with van der Waals surface area (Å²) < 4.78 is 11.2. The van der Waals surface area contributed by atoms with Crippen LogP contribution in [0.5, 0.6) is 5.88 Å². The molecule has 21 heavy (non-hydrogen) atoms. The first-order valence-corrected chi connectivity index (χ1v) is 8.35. The summed E-state index contributed by atoms with van der Waals surface area (Å²) in [4.78, 5) is 11.3. The molecule has 116 valence electrons. The molecule has 0 amide bonds. The van der Waals surface area contributed by atoms with Crippen LogP contribution in [0.3, 0.4) is 0 Å². The van der Waals surface area contributed by atoms with Gasteiger partial charge in [0.25, 0.3) is 0 Å². The van der Waals surface area contributed by atoms with E-state index in [0.717, 1.165) is 36.2 Å². The molecule has 2 aromatic rings. The van der Waals surface area contributed by atoms with Gasteiger partial charge in [-0.05, 0) is 25.8 Å². The average molecular weight is 309 g/mol. The highest BCUT2D eigenvalue weighted by molar-refractivity contribution is 7.18. The van der Waals surface area contributed by atoms with Crippen molar-refractivity contribution >= 4 is 27.5 Å². The van der Waals surface area contributed by atoms with Gasteiger partial charge in [0.05, 0.1) is 12.0 Å². The minimum atomic E-state index is 0.509. The summed E-state index contributed by atoms with van der Waals surface area (Å²) in [5.41, 5.74) is 0. The van der Waals surface area contributed by atoms with Gasteiger partial charge in [-0.25, -0.2) is 4.98 Å². The molecule has 0 aliphatic heterocycles. The average Bonchev–Trinajstić information content (AvgIpc) is 2.90. The lowest BCUT2D eigenvalue weighted by atomic mass is 10.3. The summed E-state index contributed by atoms with van der Waals surface area (Å²) >= 11 is 1.70. The summed E-state index contributed by atoms with van der Waals surface area (Å²) in [6.07, 6.45) is 2.02. The predicted molar refractivity (Wildman–Crippen MR) is 87.6 cm³/mol. The SMILES string of the molecule is CCCOCCOc1nc(NCC)nc2sc(CC)cc12. The second kappa shape index (κ2) is 8.14. The van der Waals surface area contributed by atoms with Crippen LogP contribution in [-0.2, 0) is 11.2 Å². The number of nitrogens with zero attached hydrogens (tertiary/aromatic N) is 2. The van der Waals surface area contributed by atoms with Crippen LogP contribution in [0.4, 0.5) is 5.95 Å². The van der Waals surface area contributed by atoms with Crippen molar-refractivity contribution in [1.29, 1.82) is 0 Å². The molecule has 0 aliphatic rings. The first-order chi connectivity index (χ1) is 10.3. The maximum absolute atomic E-state index is 5.80. The zero-order chi connectivity index (χ0) is 15.1. The lowest BCUT2D eigenvalue weighted by Crippen LogP contribution is -2.09. The van der Waals surface area contributed by atoms with E-state index in [9.17, 15) is 0 Å². The van der Waals surface area contributed by atoms with Crippen LogP contribution in [0.2, 0.25) is 0 Å². The number of rotatable bonds is 9. The Morgan fingerprint density at radius 2 is 2.00 bits per heavy atom.